The third-order valence-corrected chi connectivity index (χ3v) is 5.83. The number of fused-ring (bicyclic) bond motifs is 3. The average Bonchev–Trinajstić information content (AvgIpc) is 3.10. The van der Waals surface area contributed by atoms with Crippen molar-refractivity contribution in [1.82, 2.24) is 0 Å². The van der Waals surface area contributed by atoms with Gasteiger partial charge in [-0.3, -0.25) is 0 Å². The number of ether oxygens (including phenoxy) is 2. The molecule has 4 rings (SSSR count). The van der Waals surface area contributed by atoms with Gasteiger partial charge in [-0.05, 0) is 95.6 Å². The minimum Gasteiger partial charge on any atom is -0.423 e. The average molecular weight is 463 g/mol. The van der Waals surface area contributed by atoms with Crippen LogP contribution in [0.25, 0.3) is 33.4 Å². The van der Waals surface area contributed by atoms with Crippen LogP contribution in [-0.4, -0.2) is 11.9 Å². The number of hydrogen-bond donors (Lipinski definition) is 0. The molecule has 0 unspecified atom stereocenters. The summed E-state index contributed by atoms with van der Waals surface area (Å²) < 4.78 is 10.9. The molecule has 0 radical (unpaired) electrons. The van der Waals surface area contributed by atoms with Crippen LogP contribution in [0, 0.1) is 0 Å². The van der Waals surface area contributed by atoms with E-state index < -0.39 is 11.9 Å². The summed E-state index contributed by atoms with van der Waals surface area (Å²) in [7, 11) is 0. The van der Waals surface area contributed by atoms with Gasteiger partial charge in [-0.15, -0.1) is 0 Å². The minimum absolute atomic E-state index is 0.330. The topological polar surface area (TPSA) is 52.6 Å². The van der Waals surface area contributed by atoms with E-state index in [4.69, 9.17) is 9.47 Å². The fourth-order valence-electron chi connectivity index (χ4n) is 3.94. The summed E-state index contributed by atoms with van der Waals surface area (Å²) in [5.74, 6) is -0.0276. The molecule has 35 heavy (non-hydrogen) atoms. The summed E-state index contributed by atoms with van der Waals surface area (Å²) in [4.78, 5) is 24.0. The van der Waals surface area contributed by atoms with E-state index in [-0.39, 0.29) is 0 Å². The molecule has 0 heterocycles. The Hall–Kier alpha value is -4.44. The molecule has 0 spiro atoms. The van der Waals surface area contributed by atoms with Gasteiger partial charge in [-0.1, -0.05) is 50.6 Å². The van der Waals surface area contributed by atoms with Crippen LogP contribution in [0.1, 0.15) is 37.5 Å². The SMILES string of the molecule is C=C(C)C(=O)Oc1ccc2c(c1)C(=C)c1cc(-c3ccc(OC(=O)C(=C)C)c(C(=C)C)c3)ccc1-2. The summed E-state index contributed by atoms with van der Waals surface area (Å²) >= 11 is 0. The molecule has 0 fully saturated rings. The van der Waals surface area contributed by atoms with Crippen LogP contribution < -0.4 is 9.47 Å². The Balaban J connectivity index is 1.69. The minimum atomic E-state index is -0.472. The van der Waals surface area contributed by atoms with E-state index in [0.717, 1.165) is 50.1 Å². The summed E-state index contributed by atoms with van der Waals surface area (Å²) in [5.41, 5.74) is 9.06. The van der Waals surface area contributed by atoms with E-state index in [2.05, 4.69) is 38.4 Å². The maximum Gasteiger partial charge on any atom is 0.338 e. The van der Waals surface area contributed by atoms with Gasteiger partial charge in [-0.2, -0.15) is 0 Å². The maximum atomic E-state index is 12.0. The number of allylic oxidation sites excluding steroid dienone is 1. The highest BCUT2D eigenvalue weighted by Crippen LogP contribution is 2.46. The second-order valence-corrected chi connectivity index (χ2v) is 8.78. The van der Waals surface area contributed by atoms with E-state index >= 15 is 0 Å². The van der Waals surface area contributed by atoms with Crippen molar-refractivity contribution in [2.24, 2.45) is 0 Å². The second-order valence-electron chi connectivity index (χ2n) is 8.78. The summed E-state index contributed by atoms with van der Waals surface area (Å²) in [5, 5.41) is 0. The largest absolute Gasteiger partial charge is 0.423 e. The number of esters is 2. The molecule has 174 valence electrons. The lowest BCUT2D eigenvalue weighted by Crippen LogP contribution is -2.09. The number of rotatable bonds is 6. The number of carbonyl (C=O) groups excluding carboxylic acids is 2. The Morgan fingerprint density at radius 2 is 1.20 bits per heavy atom. The first kappa shape index (κ1) is 23.7. The van der Waals surface area contributed by atoms with Crippen molar-refractivity contribution < 1.29 is 19.1 Å². The lowest BCUT2D eigenvalue weighted by Gasteiger charge is -2.13. The van der Waals surface area contributed by atoms with Crippen molar-refractivity contribution in [3.05, 3.63) is 109 Å². The predicted octanol–water partition coefficient (Wildman–Crippen LogP) is 7.39. The zero-order valence-electron chi connectivity index (χ0n) is 20.2. The quantitative estimate of drug-likeness (QED) is 0.170. The molecule has 0 aliphatic heterocycles. The predicted molar refractivity (Wildman–Crippen MR) is 141 cm³/mol. The normalized spacial score (nSPS) is 11.3. The third kappa shape index (κ3) is 4.51. The molecule has 0 saturated carbocycles. The standard InChI is InChI=1S/C31H26O4/c1-17(2)26-14-22(9-13-29(26)35-31(33)19(5)6)21-8-11-24-25-12-10-23(34-30(32)18(3)4)16-28(25)20(7)27(24)15-21/h8-16H,1,3,5,7H2,2,4,6H3. The van der Waals surface area contributed by atoms with Crippen LogP contribution in [0.3, 0.4) is 0 Å². The van der Waals surface area contributed by atoms with Gasteiger partial charge in [-0.25, -0.2) is 9.59 Å². The van der Waals surface area contributed by atoms with Crippen LogP contribution >= 0.6 is 0 Å². The molecule has 3 aromatic carbocycles. The fourth-order valence-corrected chi connectivity index (χ4v) is 3.94. The number of hydrogen-bond acceptors (Lipinski definition) is 4. The van der Waals surface area contributed by atoms with E-state index in [1.165, 1.54) is 0 Å². The van der Waals surface area contributed by atoms with Crippen LogP contribution in [-0.2, 0) is 9.59 Å². The Morgan fingerprint density at radius 1 is 0.657 bits per heavy atom. The molecule has 0 atom stereocenters. The zero-order valence-corrected chi connectivity index (χ0v) is 20.2. The van der Waals surface area contributed by atoms with E-state index in [9.17, 15) is 9.59 Å². The monoisotopic (exact) mass is 462 g/mol. The molecule has 3 aromatic rings. The van der Waals surface area contributed by atoms with Gasteiger partial charge < -0.3 is 9.47 Å². The molecule has 0 aromatic heterocycles. The molecule has 4 heteroatoms. The lowest BCUT2D eigenvalue weighted by atomic mass is 9.95. The van der Waals surface area contributed by atoms with Crippen molar-refractivity contribution in [2.75, 3.05) is 0 Å². The van der Waals surface area contributed by atoms with Crippen LogP contribution in [0.2, 0.25) is 0 Å². The van der Waals surface area contributed by atoms with Crippen molar-refractivity contribution in [3.63, 3.8) is 0 Å². The van der Waals surface area contributed by atoms with E-state index in [1.807, 2.05) is 37.3 Å². The Labute approximate surface area is 205 Å². The Bertz CT molecular complexity index is 1470. The van der Waals surface area contributed by atoms with Gasteiger partial charge in [0.1, 0.15) is 11.5 Å². The highest BCUT2D eigenvalue weighted by molar-refractivity contribution is 6.02. The first-order chi connectivity index (χ1) is 16.6. The molecule has 1 aliphatic carbocycles. The summed E-state index contributed by atoms with van der Waals surface area (Å²) in [6.45, 7) is 20.7. The van der Waals surface area contributed by atoms with Gasteiger partial charge in [0.15, 0.2) is 0 Å². The molecule has 0 saturated heterocycles. The van der Waals surface area contributed by atoms with Gasteiger partial charge in [0.25, 0.3) is 0 Å². The van der Waals surface area contributed by atoms with Gasteiger partial charge in [0.2, 0.25) is 0 Å². The van der Waals surface area contributed by atoms with Crippen molar-refractivity contribution >= 4 is 23.1 Å². The first-order valence-corrected chi connectivity index (χ1v) is 11.1. The Morgan fingerprint density at radius 3 is 1.83 bits per heavy atom. The van der Waals surface area contributed by atoms with Crippen LogP contribution in [0.15, 0.2) is 92.1 Å². The highest BCUT2D eigenvalue weighted by Gasteiger charge is 2.24. The number of carbonyl (C=O) groups is 2. The summed E-state index contributed by atoms with van der Waals surface area (Å²) in [6.07, 6.45) is 0. The molecular weight excluding hydrogens is 436 g/mol. The second kappa shape index (κ2) is 9.07. The molecule has 0 bridgehead atoms. The zero-order chi connectivity index (χ0) is 25.4. The lowest BCUT2D eigenvalue weighted by molar-refractivity contribution is -0.130. The van der Waals surface area contributed by atoms with Gasteiger partial charge in [0.05, 0.1) is 0 Å². The summed E-state index contributed by atoms with van der Waals surface area (Å²) in [6, 6.07) is 17.4. The van der Waals surface area contributed by atoms with Gasteiger partial charge in [0, 0.05) is 16.7 Å². The van der Waals surface area contributed by atoms with Crippen molar-refractivity contribution in [1.29, 1.82) is 0 Å². The molecule has 0 N–H and O–H groups in total. The van der Waals surface area contributed by atoms with E-state index in [0.29, 0.717) is 22.6 Å². The van der Waals surface area contributed by atoms with E-state index in [1.54, 1.807) is 26.0 Å². The fraction of sp³-hybridized carbons (Fsp3) is 0.0968. The Kier molecular flexibility index (Phi) is 6.14. The molecule has 1 aliphatic rings. The van der Waals surface area contributed by atoms with Crippen LogP contribution in [0.4, 0.5) is 0 Å². The molecular formula is C31H26O4. The number of benzene rings is 3. The third-order valence-electron chi connectivity index (χ3n) is 5.83. The maximum absolute atomic E-state index is 12.0. The van der Waals surface area contributed by atoms with Crippen molar-refractivity contribution in [3.8, 4) is 33.8 Å². The molecule has 4 nitrogen and oxygen atoms in total. The van der Waals surface area contributed by atoms with Gasteiger partial charge >= 0.3 is 11.9 Å². The smallest absolute Gasteiger partial charge is 0.338 e. The van der Waals surface area contributed by atoms with Crippen LogP contribution in [0.5, 0.6) is 11.5 Å². The van der Waals surface area contributed by atoms with Crippen molar-refractivity contribution in [2.45, 2.75) is 20.8 Å². The first-order valence-electron chi connectivity index (χ1n) is 11.1. The molecule has 0 amide bonds. The highest BCUT2D eigenvalue weighted by atomic mass is 16.5.